The zero-order valence-corrected chi connectivity index (χ0v) is 19.6. The van der Waals surface area contributed by atoms with E-state index in [1.165, 1.54) is 6.07 Å². The maximum absolute atomic E-state index is 14.7. The summed E-state index contributed by atoms with van der Waals surface area (Å²) in [5, 5.41) is 8.29. The van der Waals surface area contributed by atoms with Crippen molar-refractivity contribution >= 4 is 11.8 Å². The molecular weight excluding hydrogens is 455 g/mol. The molecule has 3 aromatic rings. The maximum atomic E-state index is 14.7. The number of anilines is 2. The van der Waals surface area contributed by atoms with Crippen LogP contribution in [0.4, 0.5) is 24.9 Å². The molecule has 0 spiro atoms. The number of hydrogen-bond donors (Lipinski definition) is 1. The predicted molar refractivity (Wildman–Crippen MR) is 125 cm³/mol. The second kappa shape index (κ2) is 8.80. The fourth-order valence-corrected chi connectivity index (χ4v) is 6.09. The molecule has 4 heterocycles. The fourth-order valence-electron chi connectivity index (χ4n) is 6.09. The first kappa shape index (κ1) is 22.3. The summed E-state index contributed by atoms with van der Waals surface area (Å²) in [5.41, 5.74) is 1.10. The molecule has 6 rings (SSSR count). The number of hydrogen-bond acceptors (Lipinski definition) is 6. The lowest BCUT2D eigenvalue weighted by molar-refractivity contribution is 0.374. The molecule has 1 aromatic carbocycles. The molecule has 7 nitrogen and oxygen atoms in total. The Labute approximate surface area is 201 Å². The summed E-state index contributed by atoms with van der Waals surface area (Å²) in [6.07, 6.45) is 6.19. The van der Waals surface area contributed by atoms with Gasteiger partial charge in [-0.1, -0.05) is 12.5 Å². The molecular formula is C25H28F3N7. The van der Waals surface area contributed by atoms with E-state index in [0.717, 1.165) is 56.4 Å². The summed E-state index contributed by atoms with van der Waals surface area (Å²) in [6.45, 7) is 4.45. The molecule has 184 valence electrons. The molecule has 1 N–H and O–H groups in total. The van der Waals surface area contributed by atoms with E-state index in [1.807, 2.05) is 13.0 Å². The Morgan fingerprint density at radius 1 is 0.971 bits per heavy atom. The molecule has 1 unspecified atom stereocenters. The van der Waals surface area contributed by atoms with Gasteiger partial charge in [-0.05, 0) is 50.5 Å². The van der Waals surface area contributed by atoms with Crippen LogP contribution >= 0.6 is 0 Å². The van der Waals surface area contributed by atoms with Gasteiger partial charge in [0.2, 0.25) is 5.95 Å². The lowest BCUT2D eigenvalue weighted by Crippen LogP contribution is -2.48. The first-order chi connectivity index (χ1) is 17.0. The van der Waals surface area contributed by atoms with E-state index in [-0.39, 0.29) is 11.6 Å². The van der Waals surface area contributed by atoms with Crippen molar-refractivity contribution in [3.05, 3.63) is 59.1 Å². The molecule has 2 bridgehead atoms. The molecule has 0 radical (unpaired) electrons. The van der Waals surface area contributed by atoms with Crippen LogP contribution in [0, 0.1) is 36.2 Å². The Morgan fingerprint density at radius 2 is 1.77 bits per heavy atom. The Hall–Kier alpha value is -3.17. The molecule has 1 saturated heterocycles. The third kappa shape index (κ3) is 4.02. The summed E-state index contributed by atoms with van der Waals surface area (Å²) in [5.74, 6) is -1.23. The highest BCUT2D eigenvalue weighted by atomic mass is 19.2. The van der Waals surface area contributed by atoms with Crippen LogP contribution in [0.5, 0.6) is 0 Å². The number of rotatable bonds is 4. The topological polar surface area (TPSA) is 71.8 Å². The first-order valence-electron chi connectivity index (χ1n) is 12.4. The van der Waals surface area contributed by atoms with E-state index >= 15 is 0 Å². The lowest BCUT2D eigenvalue weighted by Gasteiger charge is -2.38. The summed E-state index contributed by atoms with van der Waals surface area (Å²) >= 11 is 0. The van der Waals surface area contributed by atoms with E-state index in [4.69, 9.17) is 10.1 Å². The van der Waals surface area contributed by atoms with Crippen LogP contribution in [-0.2, 0) is 6.54 Å². The van der Waals surface area contributed by atoms with Crippen LogP contribution in [0.2, 0.25) is 0 Å². The number of benzene rings is 1. The minimum Gasteiger partial charge on any atom is -0.356 e. The Morgan fingerprint density at radius 3 is 2.54 bits per heavy atom. The molecule has 3 aliphatic rings. The third-order valence-corrected chi connectivity index (χ3v) is 7.81. The minimum absolute atomic E-state index is 0.138. The van der Waals surface area contributed by atoms with Crippen LogP contribution in [-0.4, -0.2) is 43.9 Å². The van der Waals surface area contributed by atoms with E-state index < -0.39 is 23.4 Å². The van der Waals surface area contributed by atoms with Crippen LogP contribution in [0.3, 0.4) is 0 Å². The molecule has 2 aromatic heterocycles. The summed E-state index contributed by atoms with van der Waals surface area (Å²) in [4.78, 5) is 15.8. The standard InChI is InChI=1S/C25H28F3N7/c1-14-10-20(30-13-29-14)34-11-15-5-6-16(12-34)23(15)31-25-32-24-18(4-2-3-9-35(24)33-25)17-7-8-19(26)22(28)21(17)27/h7-8,10,13,15-16,18,23H,2-6,9,11-12H2,1H3,(H,31,33)/t15-,16+,18-,23?/m1/s1. The average Bonchev–Trinajstić information content (AvgIpc) is 3.25. The van der Waals surface area contributed by atoms with Crippen molar-refractivity contribution < 1.29 is 13.2 Å². The summed E-state index contributed by atoms with van der Waals surface area (Å²) in [7, 11) is 0. The van der Waals surface area contributed by atoms with Crippen molar-refractivity contribution in [2.24, 2.45) is 11.8 Å². The minimum atomic E-state index is -1.43. The Balaban J connectivity index is 1.24. The highest BCUT2D eigenvalue weighted by molar-refractivity contribution is 5.42. The zero-order valence-electron chi connectivity index (χ0n) is 19.6. The highest BCUT2D eigenvalue weighted by Gasteiger charge is 2.43. The van der Waals surface area contributed by atoms with Gasteiger partial charge in [-0.15, -0.1) is 5.10 Å². The van der Waals surface area contributed by atoms with Gasteiger partial charge in [0.25, 0.3) is 0 Å². The number of aromatic nitrogens is 5. The number of nitrogens with zero attached hydrogens (tertiary/aromatic N) is 6. The highest BCUT2D eigenvalue weighted by Crippen LogP contribution is 2.40. The van der Waals surface area contributed by atoms with E-state index in [2.05, 4.69) is 20.2 Å². The first-order valence-corrected chi connectivity index (χ1v) is 12.4. The van der Waals surface area contributed by atoms with Crippen molar-refractivity contribution in [3.8, 4) is 0 Å². The van der Waals surface area contributed by atoms with Crippen molar-refractivity contribution in [1.82, 2.24) is 24.7 Å². The van der Waals surface area contributed by atoms with E-state index in [9.17, 15) is 13.2 Å². The zero-order chi connectivity index (χ0) is 24.1. The van der Waals surface area contributed by atoms with Gasteiger partial charge in [-0.2, -0.15) is 4.98 Å². The van der Waals surface area contributed by atoms with E-state index in [0.29, 0.717) is 36.6 Å². The lowest BCUT2D eigenvalue weighted by atomic mass is 9.92. The van der Waals surface area contributed by atoms with Gasteiger partial charge in [0.1, 0.15) is 18.0 Å². The second-order valence-electron chi connectivity index (χ2n) is 10.0. The van der Waals surface area contributed by atoms with Crippen LogP contribution in [0.25, 0.3) is 0 Å². The van der Waals surface area contributed by atoms with Crippen molar-refractivity contribution in [2.75, 3.05) is 23.3 Å². The number of fused-ring (bicyclic) bond motifs is 3. The Kier molecular flexibility index (Phi) is 5.61. The van der Waals surface area contributed by atoms with Gasteiger partial charge >= 0.3 is 0 Å². The van der Waals surface area contributed by atoms with Gasteiger partial charge in [0.05, 0.1) is 0 Å². The average molecular weight is 484 g/mol. The quantitative estimate of drug-likeness (QED) is 0.554. The molecule has 35 heavy (non-hydrogen) atoms. The summed E-state index contributed by atoms with van der Waals surface area (Å²) < 4.78 is 44.0. The van der Waals surface area contributed by atoms with Gasteiger partial charge < -0.3 is 10.2 Å². The normalized spacial score (nSPS) is 25.9. The van der Waals surface area contributed by atoms with Crippen molar-refractivity contribution in [3.63, 3.8) is 0 Å². The van der Waals surface area contributed by atoms with Gasteiger partial charge in [0, 0.05) is 48.9 Å². The molecule has 2 aliphatic heterocycles. The van der Waals surface area contributed by atoms with Gasteiger partial charge in [-0.3, -0.25) is 0 Å². The molecule has 2 fully saturated rings. The predicted octanol–water partition coefficient (Wildman–Crippen LogP) is 4.44. The van der Waals surface area contributed by atoms with Crippen LogP contribution in [0.15, 0.2) is 24.5 Å². The molecule has 0 amide bonds. The van der Waals surface area contributed by atoms with Crippen molar-refractivity contribution in [1.29, 1.82) is 0 Å². The third-order valence-electron chi connectivity index (χ3n) is 7.81. The number of nitrogens with one attached hydrogen (secondary N) is 1. The second-order valence-corrected chi connectivity index (χ2v) is 10.0. The number of aryl methyl sites for hydroxylation is 2. The summed E-state index contributed by atoms with van der Waals surface area (Å²) in [6, 6.07) is 4.60. The monoisotopic (exact) mass is 483 g/mol. The van der Waals surface area contributed by atoms with Crippen LogP contribution in [0.1, 0.15) is 55.1 Å². The molecule has 4 atom stereocenters. The smallest absolute Gasteiger partial charge is 0.242 e. The largest absolute Gasteiger partial charge is 0.356 e. The fraction of sp³-hybridized carbons (Fsp3) is 0.520. The SMILES string of the molecule is Cc1cc(N2C[C@H]3CC[C@@H](C2)C3Nc2nc3n(n2)CCCC[C@@H]3c2ccc(F)c(F)c2F)ncn1. The molecule has 1 saturated carbocycles. The Bertz CT molecular complexity index is 1230. The van der Waals surface area contributed by atoms with Crippen molar-refractivity contribution in [2.45, 2.75) is 57.5 Å². The van der Waals surface area contributed by atoms with E-state index in [1.54, 1.807) is 11.0 Å². The van der Waals surface area contributed by atoms with Crippen LogP contribution < -0.4 is 10.2 Å². The molecule has 1 aliphatic carbocycles. The maximum Gasteiger partial charge on any atom is 0.242 e. The number of piperidine rings is 1. The van der Waals surface area contributed by atoms with Gasteiger partial charge in [0.15, 0.2) is 17.5 Å². The van der Waals surface area contributed by atoms with Gasteiger partial charge in [-0.25, -0.2) is 27.8 Å². The number of halogens is 3. The molecule has 10 heteroatoms.